The van der Waals surface area contributed by atoms with Gasteiger partial charge >= 0.3 is 0 Å². The molecule has 3 N–H and O–H groups in total. The zero-order valence-electron chi connectivity index (χ0n) is 21.7. The van der Waals surface area contributed by atoms with Crippen LogP contribution in [0.25, 0.3) is 11.2 Å². The Morgan fingerprint density at radius 1 is 1.26 bits per heavy atom. The molecule has 0 unspecified atom stereocenters. The fourth-order valence-electron chi connectivity index (χ4n) is 4.50. The Kier molecular flexibility index (Phi) is 7.98. The average molecular weight is 563 g/mol. The van der Waals surface area contributed by atoms with Crippen LogP contribution in [-0.4, -0.2) is 91.7 Å². The topological polar surface area (TPSA) is 163 Å². The summed E-state index contributed by atoms with van der Waals surface area (Å²) in [5.41, 5.74) is 5.00. The van der Waals surface area contributed by atoms with Gasteiger partial charge < -0.3 is 25.2 Å². The summed E-state index contributed by atoms with van der Waals surface area (Å²) < 4.78 is 28.1. The highest BCUT2D eigenvalue weighted by Gasteiger charge is 2.49. The number of anilines is 1. The van der Waals surface area contributed by atoms with Gasteiger partial charge in [0.15, 0.2) is 41.0 Å². The van der Waals surface area contributed by atoms with Gasteiger partial charge in [-0.15, -0.1) is 0 Å². The molecule has 0 aliphatic carbocycles. The number of fused-ring (bicyclic) bond motifs is 1. The van der Waals surface area contributed by atoms with E-state index in [4.69, 9.17) is 26.8 Å². The van der Waals surface area contributed by atoms with Crippen molar-refractivity contribution in [1.82, 2.24) is 24.4 Å². The maximum Gasteiger partial charge on any atom is 0.253 e. The molecule has 1 aliphatic rings. The van der Waals surface area contributed by atoms with Gasteiger partial charge in [-0.3, -0.25) is 19.0 Å². The van der Waals surface area contributed by atoms with Gasteiger partial charge in [0, 0.05) is 26.1 Å². The Morgan fingerprint density at radius 2 is 1.95 bits per heavy atom. The number of aromatic nitrogens is 4. The molecular formula is C25H28ClFN6O6. The smallest absolute Gasteiger partial charge is 0.253 e. The summed E-state index contributed by atoms with van der Waals surface area (Å²) >= 11 is 5.89. The fourth-order valence-corrected chi connectivity index (χ4v) is 4.67. The highest BCUT2D eigenvalue weighted by atomic mass is 35.5. The standard InChI is InChI=1S/C25H28ClFN6O6/c1-12(34)25(13(2)35,9-14-6-5-7-15(8-14)22(37)32(3)4)38-10-16-19(36)17(27)23(39-16)33-11-29-18-20(28)30-24(26)31-21(18)33/h5-8,11,16-17,19,23,36H,9-10H2,1-4H3,(H2,28,30,31)/t16-,17+,19-,23-/m1/s1. The minimum absolute atomic E-state index is 0.0124. The van der Waals surface area contributed by atoms with Gasteiger partial charge in [-0.2, -0.15) is 9.97 Å². The lowest BCUT2D eigenvalue weighted by molar-refractivity contribution is -0.163. The number of hydrogen-bond acceptors (Lipinski definition) is 10. The fraction of sp³-hybridized carbons (Fsp3) is 0.440. The first-order valence-electron chi connectivity index (χ1n) is 12.0. The third-order valence-electron chi connectivity index (χ3n) is 6.65. The van der Waals surface area contributed by atoms with Crippen molar-refractivity contribution in [1.29, 1.82) is 0 Å². The minimum Gasteiger partial charge on any atom is -0.387 e. The lowest BCUT2D eigenvalue weighted by Crippen LogP contribution is -2.51. The largest absolute Gasteiger partial charge is 0.387 e. The predicted molar refractivity (Wildman–Crippen MR) is 138 cm³/mol. The van der Waals surface area contributed by atoms with E-state index < -0.39 is 48.4 Å². The summed E-state index contributed by atoms with van der Waals surface area (Å²) in [7, 11) is 3.21. The number of rotatable bonds is 9. The van der Waals surface area contributed by atoms with Crippen LogP contribution in [0.1, 0.15) is 36.0 Å². The number of halogens is 2. The third-order valence-corrected chi connectivity index (χ3v) is 6.82. The van der Waals surface area contributed by atoms with Crippen molar-refractivity contribution in [3.8, 4) is 0 Å². The van der Waals surface area contributed by atoms with Crippen molar-refractivity contribution >= 4 is 46.1 Å². The zero-order valence-corrected chi connectivity index (χ0v) is 22.4. The first kappa shape index (κ1) is 28.5. The summed E-state index contributed by atoms with van der Waals surface area (Å²) in [5, 5.41) is 10.4. The average Bonchev–Trinajstić information content (AvgIpc) is 3.41. The monoisotopic (exact) mass is 562 g/mol. The highest BCUT2D eigenvalue weighted by molar-refractivity contribution is 6.28. The molecule has 3 aromatic rings. The van der Waals surface area contributed by atoms with E-state index in [2.05, 4.69) is 15.0 Å². The van der Waals surface area contributed by atoms with Crippen LogP contribution in [0.5, 0.6) is 0 Å². The van der Waals surface area contributed by atoms with Crippen LogP contribution >= 0.6 is 11.6 Å². The van der Waals surface area contributed by atoms with Crippen LogP contribution in [0.15, 0.2) is 30.6 Å². The van der Waals surface area contributed by atoms with E-state index in [1.807, 2.05) is 0 Å². The number of hydrogen-bond donors (Lipinski definition) is 2. The van der Waals surface area contributed by atoms with Crippen molar-refractivity contribution in [2.24, 2.45) is 0 Å². The summed E-state index contributed by atoms with van der Waals surface area (Å²) in [5.74, 6) is -1.45. The number of imidazole rings is 1. The molecule has 1 fully saturated rings. The first-order valence-corrected chi connectivity index (χ1v) is 12.3. The van der Waals surface area contributed by atoms with Crippen molar-refractivity contribution in [3.05, 3.63) is 47.0 Å². The number of ether oxygens (including phenoxy) is 2. The van der Waals surface area contributed by atoms with Gasteiger partial charge in [-0.05, 0) is 43.1 Å². The molecule has 1 aliphatic heterocycles. The number of amides is 1. The van der Waals surface area contributed by atoms with Gasteiger partial charge in [0.25, 0.3) is 5.91 Å². The second-order valence-electron chi connectivity index (χ2n) is 9.53. The molecule has 0 radical (unpaired) electrons. The Balaban J connectivity index is 1.57. The van der Waals surface area contributed by atoms with Crippen molar-refractivity contribution in [2.45, 2.75) is 50.5 Å². The molecule has 0 saturated carbocycles. The summed E-state index contributed by atoms with van der Waals surface area (Å²) in [4.78, 5) is 51.3. The molecular weight excluding hydrogens is 535 g/mol. The van der Waals surface area contributed by atoms with Gasteiger partial charge in [-0.25, -0.2) is 9.37 Å². The van der Waals surface area contributed by atoms with Gasteiger partial charge in [0.2, 0.25) is 5.28 Å². The zero-order chi connectivity index (χ0) is 28.6. The van der Waals surface area contributed by atoms with Crippen molar-refractivity contribution < 1.29 is 33.4 Å². The number of benzene rings is 1. The highest BCUT2D eigenvalue weighted by Crippen LogP contribution is 2.35. The molecule has 1 saturated heterocycles. The van der Waals surface area contributed by atoms with Crippen molar-refractivity contribution in [2.75, 3.05) is 26.4 Å². The number of aliphatic hydroxyl groups excluding tert-OH is 1. The molecule has 1 aromatic carbocycles. The van der Waals surface area contributed by atoms with E-state index in [9.17, 15) is 19.5 Å². The van der Waals surface area contributed by atoms with E-state index >= 15 is 4.39 Å². The normalized spacial score (nSPS) is 21.3. The number of carbonyl (C=O) groups excluding carboxylic acids is 3. The number of ketones is 2. The first-order chi connectivity index (χ1) is 18.4. The number of nitrogens with two attached hydrogens (primary N) is 1. The van der Waals surface area contributed by atoms with E-state index in [1.165, 1.54) is 29.6 Å². The maximum atomic E-state index is 15.2. The SMILES string of the molecule is CC(=O)C(Cc1cccc(C(=O)N(C)C)c1)(OC[C@H]1O[C@@H](n2cnc3c(N)nc(Cl)nc32)[C@@H](F)[C@@H]1O)C(C)=O. The second kappa shape index (κ2) is 10.9. The molecule has 4 atom stereocenters. The number of carbonyl (C=O) groups is 3. The number of Topliss-reactive ketones (excluding diaryl/α,β-unsaturated/α-hetero) is 2. The maximum absolute atomic E-state index is 15.2. The van der Waals surface area contributed by atoms with Crippen molar-refractivity contribution in [3.63, 3.8) is 0 Å². The minimum atomic E-state index is -1.95. The van der Waals surface area contributed by atoms with E-state index in [-0.39, 0.29) is 34.6 Å². The van der Waals surface area contributed by atoms with Gasteiger partial charge in [0.05, 0.1) is 12.9 Å². The second-order valence-corrected chi connectivity index (χ2v) is 9.87. The Morgan fingerprint density at radius 3 is 2.59 bits per heavy atom. The molecule has 14 heteroatoms. The number of aliphatic hydroxyl groups is 1. The molecule has 4 rings (SSSR count). The van der Waals surface area contributed by atoms with Crippen LogP contribution in [0.2, 0.25) is 5.28 Å². The number of nitrogens with zero attached hydrogens (tertiary/aromatic N) is 5. The van der Waals surface area contributed by atoms with Gasteiger partial charge in [0.1, 0.15) is 17.7 Å². The van der Waals surface area contributed by atoms with Crippen LogP contribution in [0.4, 0.5) is 10.2 Å². The molecule has 1 amide bonds. The van der Waals surface area contributed by atoms with E-state index in [0.717, 1.165) is 0 Å². The molecule has 39 heavy (non-hydrogen) atoms. The number of alkyl halides is 1. The lowest BCUT2D eigenvalue weighted by Gasteiger charge is -2.31. The molecule has 208 valence electrons. The Bertz CT molecular complexity index is 1420. The van der Waals surface area contributed by atoms with Crippen LogP contribution < -0.4 is 5.73 Å². The molecule has 2 aromatic heterocycles. The summed E-state index contributed by atoms with van der Waals surface area (Å²) in [6.07, 6.45) is -5.18. The Labute approximate surface area is 227 Å². The molecule has 12 nitrogen and oxygen atoms in total. The van der Waals surface area contributed by atoms with Gasteiger partial charge in [-0.1, -0.05) is 12.1 Å². The van der Waals surface area contributed by atoms with E-state index in [1.54, 1.807) is 38.4 Å². The molecule has 0 bridgehead atoms. The predicted octanol–water partition coefficient (Wildman–Crippen LogP) is 1.54. The quantitative estimate of drug-likeness (QED) is 0.289. The Hall–Kier alpha value is -3.52. The van der Waals surface area contributed by atoms with Crippen LogP contribution in [-0.2, 0) is 25.5 Å². The lowest BCUT2D eigenvalue weighted by atomic mass is 9.86. The third kappa shape index (κ3) is 5.35. The molecule has 0 spiro atoms. The summed E-state index contributed by atoms with van der Waals surface area (Å²) in [6, 6.07) is 6.49. The molecule has 3 heterocycles. The van der Waals surface area contributed by atoms with Crippen LogP contribution in [0, 0.1) is 0 Å². The van der Waals surface area contributed by atoms with Crippen LogP contribution in [0.3, 0.4) is 0 Å². The summed E-state index contributed by atoms with van der Waals surface area (Å²) in [6.45, 7) is 1.92. The number of nitrogen functional groups attached to an aromatic ring is 1. The van der Waals surface area contributed by atoms with E-state index in [0.29, 0.717) is 11.1 Å².